The van der Waals surface area contributed by atoms with Crippen molar-refractivity contribution >= 4 is 0 Å². The van der Waals surface area contributed by atoms with Crippen LogP contribution in [0.2, 0.25) is 0 Å². The molecule has 1 aromatic heterocycles. The van der Waals surface area contributed by atoms with E-state index in [1.807, 2.05) is 25.1 Å². The van der Waals surface area contributed by atoms with E-state index in [0.717, 1.165) is 64.7 Å². The number of aromatic nitrogens is 2. The second kappa shape index (κ2) is 8.92. The fourth-order valence-electron chi connectivity index (χ4n) is 2.90. The van der Waals surface area contributed by atoms with Gasteiger partial charge in [0, 0.05) is 45.8 Å². The van der Waals surface area contributed by atoms with Crippen molar-refractivity contribution in [2.75, 3.05) is 45.9 Å². The molecule has 0 atom stereocenters. The molecular weight excluding hydrogens is 304 g/mol. The van der Waals surface area contributed by atoms with E-state index in [2.05, 4.69) is 32.1 Å². The molecule has 0 spiro atoms. The number of piperazine rings is 1. The summed E-state index contributed by atoms with van der Waals surface area (Å²) in [7, 11) is 0. The van der Waals surface area contributed by atoms with Crippen LogP contribution >= 0.6 is 0 Å². The van der Waals surface area contributed by atoms with Crippen LogP contribution in [0.15, 0.2) is 34.9 Å². The summed E-state index contributed by atoms with van der Waals surface area (Å²) in [5.74, 6) is 1.47. The predicted molar refractivity (Wildman–Crippen MR) is 91.8 cm³/mol. The highest BCUT2D eigenvalue weighted by Gasteiger charge is 2.19. The second-order valence-electron chi connectivity index (χ2n) is 6.08. The molecule has 0 unspecified atom stereocenters. The van der Waals surface area contributed by atoms with Crippen molar-refractivity contribution in [2.24, 2.45) is 0 Å². The Morgan fingerprint density at radius 1 is 1.08 bits per heavy atom. The Morgan fingerprint density at radius 3 is 2.58 bits per heavy atom. The van der Waals surface area contributed by atoms with Crippen LogP contribution in [0.1, 0.15) is 24.2 Å². The van der Waals surface area contributed by atoms with Gasteiger partial charge >= 0.3 is 0 Å². The number of benzene rings is 1. The third kappa shape index (κ3) is 5.12. The van der Waals surface area contributed by atoms with Gasteiger partial charge in [-0.05, 0) is 12.5 Å². The Morgan fingerprint density at radius 2 is 1.83 bits per heavy atom. The maximum Gasteiger partial charge on any atom is 0.240 e. The Bertz CT molecular complexity index is 594. The minimum absolute atomic E-state index is 0.712. The van der Waals surface area contributed by atoms with E-state index < -0.39 is 0 Å². The fourth-order valence-corrected chi connectivity index (χ4v) is 2.90. The molecule has 1 fully saturated rings. The third-order valence-electron chi connectivity index (χ3n) is 4.29. The topological polar surface area (TPSA) is 54.6 Å². The van der Waals surface area contributed by atoms with E-state index in [9.17, 15) is 0 Å². The van der Waals surface area contributed by atoms with Crippen molar-refractivity contribution in [3.63, 3.8) is 0 Å². The van der Waals surface area contributed by atoms with Crippen LogP contribution < -0.4 is 0 Å². The summed E-state index contributed by atoms with van der Waals surface area (Å²) < 4.78 is 10.8. The zero-order valence-corrected chi connectivity index (χ0v) is 14.4. The van der Waals surface area contributed by atoms with E-state index >= 15 is 0 Å². The Balaban J connectivity index is 1.43. The highest BCUT2D eigenvalue weighted by molar-refractivity contribution is 5.18. The zero-order valence-electron chi connectivity index (χ0n) is 14.4. The van der Waals surface area contributed by atoms with Crippen LogP contribution in [0.4, 0.5) is 0 Å². The van der Waals surface area contributed by atoms with Gasteiger partial charge in [-0.15, -0.1) is 0 Å². The van der Waals surface area contributed by atoms with Crippen molar-refractivity contribution in [2.45, 2.75) is 19.9 Å². The van der Waals surface area contributed by atoms with E-state index in [1.54, 1.807) is 0 Å². The van der Waals surface area contributed by atoms with E-state index in [1.165, 1.54) is 5.56 Å². The van der Waals surface area contributed by atoms with Gasteiger partial charge in [-0.25, -0.2) is 0 Å². The second-order valence-corrected chi connectivity index (χ2v) is 6.08. The molecule has 0 bridgehead atoms. The summed E-state index contributed by atoms with van der Waals surface area (Å²) in [5.41, 5.74) is 1.20. The first-order valence-corrected chi connectivity index (χ1v) is 8.71. The standard InChI is InChI=1S/C18H26N4O2/c1-2-23-13-12-21-8-10-22(11-9-21)15-18-19-17(20-24-18)14-16-6-4-3-5-7-16/h3-7H,2,8-15H2,1H3. The van der Waals surface area contributed by atoms with Crippen molar-refractivity contribution in [3.05, 3.63) is 47.6 Å². The van der Waals surface area contributed by atoms with Gasteiger partial charge < -0.3 is 9.26 Å². The molecule has 0 radical (unpaired) electrons. The minimum atomic E-state index is 0.712. The van der Waals surface area contributed by atoms with Gasteiger partial charge in [0.25, 0.3) is 0 Å². The summed E-state index contributed by atoms with van der Waals surface area (Å²) in [5, 5.41) is 4.10. The summed E-state index contributed by atoms with van der Waals surface area (Å²) in [6, 6.07) is 10.2. The first-order valence-electron chi connectivity index (χ1n) is 8.71. The van der Waals surface area contributed by atoms with Gasteiger partial charge in [0.1, 0.15) is 0 Å². The van der Waals surface area contributed by atoms with Gasteiger partial charge in [0.15, 0.2) is 5.82 Å². The Hall–Kier alpha value is -1.76. The van der Waals surface area contributed by atoms with Gasteiger partial charge in [-0.3, -0.25) is 9.80 Å². The molecule has 1 aliphatic heterocycles. The third-order valence-corrected chi connectivity index (χ3v) is 4.29. The monoisotopic (exact) mass is 330 g/mol. The number of hydrogen-bond acceptors (Lipinski definition) is 6. The molecule has 0 saturated carbocycles. The van der Waals surface area contributed by atoms with Gasteiger partial charge in [-0.1, -0.05) is 35.5 Å². The van der Waals surface area contributed by atoms with E-state index in [-0.39, 0.29) is 0 Å². The lowest BCUT2D eigenvalue weighted by molar-refractivity contribution is 0.0749. The number of ether oxygens (including phenoxy) is 1. The van der Waals surface area contributed by atoms with Crippen LogP contribution in [0.25, 0.3) is 0 Å². The summed E-state index contributed by atoms with van der Waals surface area (Å²) in [4.78, 5) is 9.34. The summed E-state index contributed by atoms with van der Waals surface area (Å²) in [6.07, 6.45) is 0.718. The normalized spacial score (nSPS) is 16.5. The lowest BCUT2D eigenvalue weighted by Gasteiger charge is -2.33. The van der Waals surface area contributed by atoms with Crippen molar-refractivity contribution < 1.29 is 9.26 Å². The molecule has 2 heterocycles. The van der Waals surface area contributed by atoms with Crippen LogP contribution in [0, 0.1) is 0 Å². The van der Waals surface area contributed by atoms with Crippen LogP contribution in [0.3, 0.4) is 0 Å². The largest absolute Gasteiger partial charge is 0.380 e. The van der Waals surface area contributed by atoms with Gasteiger partial charge in [0.05, 0.1) is 13.2 Å². The molecule has 1 saturated heterocycles. The summed E-state index contributed by atoms with van der Waals surface area (Å²) in [6.45, 7) is 9.60. The average molecular weight is 330 g/mol. The smallest absolute Gasteiger partial charge is 0.240 e. The minimum Gasteiger partial charge on any atom is -0.380 e. The zero-order chi connectivity index (χ0) is 16.6. The van der Waals surface area contributed by atoms with Gasteiger partial charge in [0.2, 0.25) is 5.89 Å². The molecule has 6 nitrogen and oxygen atoms in total. The molecule has 0 aliphatic carbocycles. The SMILES string of the molecule is CCOCCN1CCN(Cc2nc(Cc3ccccc3)no2)CC1. The molecule has 0 N–H and O–H groups in total. The summed E-state index contributed by atoms with van der Waals surface area (Å²) >= 11 is 0. The molecule has 24 heavy (non-hydrogen) atoms. The Kier molecular flexibility index (Phi) is 6.34. The first-order chi connectivity index (χ1) is 11.8. The molecule has 1 aliphatic rings. The number of hydrogen-bond donors (Lipinski definition) is 0. The van der Waals surface area contributed by atoms with Gasteiger partial charge in [-0.2, -0.15) is 4.98 Å². The van der Waals surface area contributed by atoms with E-state index in [4.69, 9.17) is 9.26 Å². The lowest BCUT2D eigenvalue weighted by Crippen LogP contribution is -2.46. The fraction of sp³-hybridized carbons (Fsp3) is 0.556. The Labute approximate surface area is 143 Å². The highest BCUT2D eigenvalue weighted by atomic mass is 16.5. The number of rotatable bonds is 8. The van der Waals surface area contributed by atoms with Crippen molar-refractivity contribution in [1.82, 2.24) is 19.9 Å². The molecule has 6 heteroatoms. The number of nitrogens with zero attached hydrogens (tertiary/aromatic N) is 4. The lowest BCUT2D eigenvalue weighted by atomic mass is 10.1. The molecule has 2 aromatic rings. The quantitative estimate of drug-likeness (QED) is 0.688. The first kappa shape index (κ1) is 17.1. The molecule has 3 rings (SSSR count). The maximum atomic E-state index is 5.42. The molecule has 1 aromatic carbocycles. The maximum absolute atomic E-state index is 5.42. The highest BCUT2D eigenvalue weighted by Crippen LogP contribution is 2.10. The molecular formula is C18H26N4O2. The molecule has 0 amide bonds. The predicted octanol–water partition coefficient (Wildman–Crippen LogP) is 1.81. The average Bonchev–Trinajstić information content (AvgIpc) is 3.04. The van der Waals surface area contributed by atoms with E-state index in [0.29, 0.717) is 5.89 Å². The molecule has 130 valence electrons. The van der Waals surface area contributed by atoms with Crippen LogP contribution in [-0.4, -0.2) is 65.9 Å². The van der Waals surface area contributed by atoms with Crippen molar-refractivity contribution in [1.29, 1.82) is 0 Å². The van der Waals surface area contributed by atoms with Crippen LogP contribution in [-0.2, 0) is 17.7 Å². The van der Waals surface area contributed by atoms with Crippen LogP contribution in [0.5, 0.6) is 0 Å². The van der Waals surface area contributed by atoms with Crippen molar-refractivity contribution in [3.8, 4) is 0 Å².